The van der Waals surface area contributed by atoms with E-state index in [0.717, 1.165) is 31.5 Å². The first-order valence-electron chi connectivity index (χ1n) is 5.92. The largest absolute Gasteiger partial charge is 0.330 e. The van der Waals surface area contributed by atoms with Crippen molar-refractivity contribution >= 4 is 0 Å². The lowest BCUT2D eigenvalue weighted by Crippen LogP contribution is -2.29. The highest BCUT2D eigenvalue weighted by atomic mass is 19.1. The lowest BCUT2D eigenvalue weighted by Gasteiger charge is -2.13. The summed E-state index contributed by atoms with van der Waals surface area (Å²) in [6.07, 6.45) is 1.82. The highest BCUT2D eigenvalue weighted by Gasteiger charge is 2.03. The fourth-order valence-corrected chi connectivity index (χ4v) is 1.62. The van der Waals surface area contributed by atoms with E-state index in [2.05, 4.69) is 12.2 Å². The quantitative estimate of drug-likeness (QED) is 0.695. The molecule has 0 aromatic heterocycles. The first-order chi connectivity index (χ1) is 7.77. The van der Waals surface area contributed by atoms with Crippen LogP contribution in [0.1, 0.15) is 18.9 Å². The van der Waals surface area contributed by atoms with Crippen LogP contribution in [0.25, 0.3) is 0 Å². The minimum atomic E-state index is -0.116. The van der Waals surface area contributed by atoms with Gasteiger partial charge in [-0.25, -0.2) is 4.39 Å². The van der Waals surface area contributed by atoms with Crippen LogP contribution in [0, 0.1) is 11.7 Å². The molecule has 2 nitrogen and oxygen atoms in total. The van der Waals surface area contributed by atoms with Crippen LogP contribution >= 0.6 is 0 Å². The molecule has 0 saturated carbocycles. The molecule has 0 heterocycles. The molecule has 0 saturated heterocycles. The number of nitrogens with two attached hydrogens (primary N) is 1. The molecule has 0 radical (unpaired) electrons. The van der Waals surface area contributed by atoms with Gasteiger partial charge in [0.25, 0.3) is 0 Å². The Morgan fingerprint density at radius 1 is 1.38 bits per heavy atom. The molecule has 16 heavy (non-hydrogen) atoms. The normalized spacial score (nSPS) is 12.7. The lowest BCUT2D eigenvalue weighted by molar-refractivity contribution is 0.472. The number of hydrogen-bond donors (Lipinski definition) is 2. The van der Waals surface area contributed by atoms with Crippen LogP contribution in [0.5, 0.6) is 0 Å². The molecule has 0 aliphatic rings. The maximum atomic E-state index is 13.3. The van der Waals surface area contributed by atoms with Crippen molar-refractivity contribution < 1.29 is 4.39 Å². The van der Waals surface area contributed by atoms with Crippen molar-refractivity contribution in [3.63, 3.8) is 0 Å². The summed E-state index contributed by atoms with van der Waals surface area (Å²) >= 11 is 0. The van der Waals surface area contributed by atoms with E-state index >= 15 is 0 Å². The molecule has 3 heteroatoms. The van der Waals surface area contributed by atoms with Gasteiger partial charge in [-0.1, -0.05) is 31.5 Å². The van der Waals surface area contributed by atoms with Crippen molar-refractivity contribution in [3.8, 4) is 0 Å². The fourth-order valence-electron chi connectivity index (χ4n) is 1.62. The van der Waals surface area contributed by atoms with Crippen LogP contribution in [-0.4, -0.2) is 19.6 Å². The standard InChI is InChI=1S/C13H21FN2/c1-2-11(9-15)10-16-8-7-12-5-3-4-6-13(12)14/h3-6,11,16H,2,7-10,15H2,1H3. The highest BCUT2D eigenvalue weighted by molar-refractivity contribution is 5.17. The van der Waals surface area contributed by atoms with Crippen molar-refractivity contribution in [1.29, 1.82) is 0 Å². The summed E-state index contributed by atoms with van der Waals surface area (Å²) in [6.45, 7) is 4.57. The predicted molar refractivity (Wildman–Crippen MR) is 65.8 cm³/mol. The Balaban J connectivity index is 2.23. The molecule has 90 valence electrons. The molecular formula is C13H21FN2. The number of hydrogen-bond acceptors (Lipinski definition) is 2. The van der Waals surface area contributed by atoms with Crippen LogP contribution in [0.3, 0.4) is 0 Å². The van der Waals surface area contributed by atoms with Crippen molar-refractivity contribution in [3.05, 3.63) is 35.6 Å². The zero-order chi connectivity index (χ0) is 11.8. The molecule has 3 N–H and O–H groups in total. The van der Waals surface area contributed by atoms with E-state index in [9.17, 15) is 4.39 Å². The number of rotatable bonds is 7. The molecule has 1 unspecified atom stereocenters. The Morgan fingerprint density at radius 2 is 2.12 bits per heavy atom. The maximum absolute atomic E-state index is 13.3. The van der Waals surface area contributed by atoms with Crippen LogP contribution in [0.15, 0.2) is 24.3 Å². The van der Waals surface area contributed by atoms with Crippen LogP contribution in [-0.2, 0) is 6.42 Å². The van der Waals surface area contributed by atoms with E-state index in [1.165, 1.54) is 6.07 Å². The van der Waals surface area contributed by atoms with Gasteiger partial charge in [-0.2, -0.15) is 0 Å². The van der Waals surface area contributed by atoms with E-state index in [0.29, 0.717) is 12.5 Å². The second-order valence-corrected chi connectivity index (χ2v) is 4.06. The topological polar surface area (TPSA) is 38.0 Å². The summed E-state index contributed by atoms with van der Waals surface area (Å²) in [4.78, 5) is 0. The Morgan fingerprint density at radius 3 is 2.75 bits per heavy atom. The van der Waals surface area contributed by atoms with Crippen LogP contribution in [0.2, 0.25) is 0 Å². The van der Waals surface area contributed by atoms with E-state index in [4.69, 9.17) is 5.73 Å². The number of nitrogens with one attached hydrogen (secondary N) is 1. The van der Waals surface area contributed by atoms with Gasteiger partial charge in [-0.05, 0) is 43.6 Å². The minimum absolute atomic E-state index is 0.116. The van der Waals surface area contributed by atoms with Crippen molar-refractivity contribution in [2.24, 2.45) is 11.7 Å². The van der Waals surface area contributed by atoms with E-state index in [-0.39, 0.29) is 5.82 Å². The molecular weight excluding hydrogens is 203 g/mol. The predicted octanol–water partition coefficient (Wildman–Crippen LogP) is 1.94. The smallest absolute Gasteiger partial charge is 0.126 e. The summed E-state index contributed by atoms with van der Waals surface area (Å²) in [6, 6.07) is 6.92. The molecule has 0 amide bonds. The van der Waals surface area contributed by atoms with Crippen molar-refractivity contribution in [2.45, 2.75) is 19.8 Å². The van der Waals surface area contributed by atoms with Crippen molar-refractivity contribution in [2.75, 3.05) is 19.6 Å². The summed E-state index contributed by atoms with van der Waals surface area (Å²) in [5, 5.41) is 3.32. The van der Waals surface area contributed by atoms with Gasteiger partial charge in [-0.3, -0.25) is 0 Å². The van der Waals surface area contributed by atoms with Crippen LogP contribution < -0.4 is 11.1 Å². The van der Waals surface area contributed by atoms with Crippen LogP contribution in [0.4, 0.5) is 4.39 Å². The van der Waals surface area contributed by atoms with Gasteiger partial charge in [-0.15, -0.1) is 0 Å². The third-order valence-electron chi connectivity index (χ3n) is 2.87. The molecule has 0 fully saturated rings. The molecule has 1 rings (SSSR count). The average Bonchev–Trinajstić information content (AvgIpc) is 2.31. The Hall–Kier alpha value is -0.930. The Labute approximate surface area is 97.0 Å². The molecule has 0 aliphatic heterocycles. The summed E-state index contributed by atoms with van der Waals surface area (Å²) in [5.41, 5.74) is 6.37. The highest BCUT2D eigenvalue weighted by Crippen LogP contribution is 2.06. The number of halogens is 1. The third-order valence-corrected chi connectivity index (χ3v) is 2.87. The van der Waals surface area contributed by atoms with Gasteiger partial charge in [0.2, 0.25) is 0 Å². The molecule has 1 atom stereocenters. The Kier molecular flexibility index (Phi) is 6.04. The second kappa shape index (κ2) is 7.36. The summed E-state index contributed by atoms with van der Waals surface area (Å²) in [7, 11) is 0. The zero-order valence-electron chi connectivity index (χ0n) is 9.88. The number of benzene rings is 1. The van der Waals surface area contributed by atoms with E-state index < -0.39 is 0 Å². The molecule has 1 aromatic carbocycles. The zero-order valence-corrected chi connectivity index (χ0v) is 9.88. The first kappa shape index (κ1) is 13.1. The molecule has 1 aromatic rings. The summed E-state index contributed by atoms with van der Waals surface area (Å²) < 4.78 is 13.3. The molecule has 0 aliphatic carbocycles. The SMILES string of the molecule is CCC(CN)CNCCc1ccccc1F. The van der Waals surface area contributed by atoms with Gasteiger partial charge < -0.3 is 11.1 Å². The van der Waals surface area contributed by atoms with Gasteiger partial charge in [0.1, 0.15) is 5.82 Å². The Bertz CT molecular complexity index is 298. The van der Waals surface area contributed by atoms with Gasteiger partial charge in [0, 0.05) is 0 Å². The van der Waals surface area contributed by atoms with E-state index in [1.54, 1.807) is 6.07 Å². The van der Waals surface area contributed by atoms with Gasteiger partial charge >= 0.3 is 0 Å². The fraction of sp³-hybridized carbons (Fsp3) is 0.538. The first-order valence-corrected chi connectivity index (χ1v) is 5.92. The summed E-state index contributed by atoms with van der Waals surface area (Å²) in [5.74, 6) is 0.413. The monoisotopic (exact) mass is 224 g/mol. The molecule has 0 bridgehead atoms. The minimum Gasteiger partial charge on any atom is -0.330 e. The average molecular weight is 224 g/mol. The van der Waals surface area contributed by atoms with Gasteiger partial charge in [0.15, 0.2) is 0 Å². The third kappa shape index (κ3) is 4.29. The van der Waals surface area contributed by atoms with Gasteiger partial charge in [0.05, 0.1) is 0 Å². The maximum Gasteiger partial charge on any atom is 0.126 e. The lowest BCUT2D eigenvalue weighted by atomic mass is 10.1. The second-order valence-electron chi connectivity index (χ2n) is 4.06. The van der Waals surface area contributed by atoms with E-state index in [1.807, 2.05) is 12.1 Å². The van der Waals surface area contributed by atoms with Crippen molar-refractivity contribution in [1.82, 2.24) is 5.32 Å². The molecule has 0 spiro atoms.